The van der Waals surface area contributed by atoms with Gasteiger partial charge in [0.15, 0.2) is 0 Å². The first-order valence-corrected chi connectivity index (χ1v) is 7.98. The second-order valence-electron chi connectivity index (χ2n) is 5.30. The fourth-order valence-electron chi connectivity index (χ4n) is 2.16. The number of hydrogen-bond acceptors (Lipinski definition) is 4. The summed E-state index contributed by atoms with van der Waals surface area (Å²) in [5.74, 6) is -2.51. The van der Waals surface area contributed by atoms with Crippen LogP contribution < -0.4 is 10.2 Å². The zero-order chi connectivity index (χ0) is 17.4. The monoisotopic (exact) mass is 384 g/mol. The van der Waals surface area contributed by atoms with Crippen LogP contribution in [0.3, 0.4) is 0 Å². The maximum atomic E-state index is 9.55. The number of piperazine rings is 1. The molecule has 0 radical (unpaired) electrons. The van der Waals surface area contributed by atoms with E-state index in [1.165, 1.54) is 5.69 Å². The molecule has 1 aliphatic heterocycles. The minimum Gasteiger partial charge on any atom is -0.478 e. The van der Waals surface area contributed by atoms with Crippen LogP contribution >= 0.6 is 15.9 Å². The number of carboxylic acid groups (broad SMARTS) is 2. The Balaban J connectivity index is 0.000000284. The third-order valence-electron chi connectivity index (χ3n) is 3.29. The molecule has 0 bridgehead atoms. The summed E-state index contributed by atoms with van der Waals surface area (Å²) in [6.07, 6.45) is 1.12. The number of benzene rings is 1. The molecule has 126 valence electrons. The summed E-state index contributed by atoms with van der Waals surface area (Å²) in [5, 5.41) is 19.1. The average Bonchev–Trinajstić information content (AvgIpc) is 2.49. The van der Waals surface area contributed by atoms with Gasteiger partial charge in [-0.3, -0.25) is 0 Å². The van der Waals surface area contributed by atoms with Crippen LogP contribution in [0.2, 0.25) is 0 Å². The second kappa shape index (κ2) is 9.32. The van der Waals surface area contributed by atoms with E-state index in [1.807, 2.05) is 0 Å². The zero-order valence-electron chi connectivity index (χ0n) is 13.1. The highest BCUT2D eigenvalue weighted by Crippen LogP contribution is 2.22. The van der Waals surface area contributed by atoms with Crippen molar-refractivity contribution in [2.45, 2.75) is 25.9 Å². The van der Waals surface area contributed by atoms with Gasteiger partial charge in [0.2, 0.25) is 0 Å². The third-order valence-corrected chi connectivity index (χ3v) is 3.82. The maximum absolute atomic E-state index is 9.55. The fraction of sp³-hybridized carbons (Fsp3) is 0.375. The Morgan fingerprint density at radius 1 is 1.17 bits per heavy atom. The molecule has 0 aliphatic carbocycles. The number of hydrogen-bond donors (Lipinski definition) is 3. The summed E-state index contributed by atoms with van der Waals surface area (Å²) in [6.45, 7) is 6.65. The molecule has 1 saturated heterocycles. The third kappa shape index (κ3) is 7.30. The Morgan fingerprint density at radius 2 is 1.70 bits per heavy atom. The van der Waals surface area contributed by atoms with Gasteiger partial charge in [-0.2, -0.15) is 0 Å². The molecule has 0 saturated carbocycles. The van der Waals surface area contributed by atoms with Crippen molar-refractivity contribution in [1.82, 2.24) is 5.32 Å². The highest BCUT2D eigenvalue weighted by atomic mass is 79.9. The maximum Gasteiger partial charge on any atom is 0.328 e. The zero-order valence-corrected chi connectivity index (χ0v) is 14.7. The quantitative estimate of drug-likeness (QED) is 0.693. The lowest BCUT2D eigenvalue weighted by molar-refractivity contribution is -0.134. The smallest absolute Gasteiger partial charge is 0.328 e. The van der Waals surface area contributed by atoms with Crippen LogP contribution in [0, 0.1) is 0 Å². The molecule has 2 rings (SSSR count). The standard InChI is InChI=1S/C12H17BrN2.C4H4O4/c1-9-8-15(10(2)7-14-9)12-5-3-11(13)4-6-12;5-3(6)1-2-4(7)8/h3-6,9-10,14H,7-8H2,1-2H3;1-2H,(H,5,6)(H,7,8)/b;2-1+. The largest absolute Gasteiger partial charge is 0.478 e. The number of nitrogens with one attached hydrogen (secondary N) is 1. The lowest BCUT2D eigenvalue weighted by Crippen LogP contribution is -2.54. The van der Waals surface area contributed by atoms with Crippen LogP contribution in [0.15, 0.2) is 40.9 Å². The Hall–Kier alpha value is -1.86. The molecule has 1 aromatic carbocycles. The molecule has 3 N–H and O–H groups in total. The van der Waals surface area contributed by atoms with Crippen molar-refractivity contribution in [2.24, 2.45) is 0 Å². The van der Waals surface area contributed by atoms with E-state index in [4.69, 9.17) is 10.2 Å². The van der Waals surface area contributed by atoms with E-state index in [1.54, 1.807) is 0 Å². The summed E-state index contributed by atoms with van der Waals surface area (Å²) in [5.41, 5.74) is 1.32. The molecule has 1 heterocycles. The molecule has 2 atom stereocenters. The van der Waals surface area contributed by atoms with Crippen LogP contribution in [0.1, 0.15) is 13.8 Å². The molecule has 0 spiro atoms. The molecule has 6 nitrogen and oxygen atoms in total. The topological polar surface area (TPSA) is 89.9 Å². The summed E-state index contributed by atoms with van der Waals surface area (Å²) in [6, 6.07) is 9.72. The van der Waals surface area contributed by atoms with Gasteiger partial charge in [0, 0.05) is 47.5 Å². The molecule has 0 amide bonds. The van der Waals surface area contributed by atoms with E-state index in [2.05, 4.69) is 64.3 Å². The van der Waals surface area contributed by atoms with E-state index in [9.17, 15) is 9.59 Å². The molecule has 23 heavy (non-hydrogen) atoms. The van der Waals surface area contributed by atoms with E-state index in [0.717, 1.165) is 17.6 Å². The Labute approximate surface area is 143 Å². The molecule has 1 aromatic rings. The van der Waals surface area contributed by atoms with Gasteiger partial charge in [0.1, 0.15) is 0 Å². The van der Waals surface area contributed by atoms with Crippen LogP contribution in [0.25, 0.3) is 0 Å². The molecule has 1 aliphatic rings. The molecule has 2 unspecified atom stereocenters. The summed E-state index contributed by atoms with van der Waals surface area (Å²) >= 11 is 3.47. The van der Waals surface area contributed by atoms with E-state index in [0.29, 0.717) is 24.2 Å². The minimum absolute atomic E-state index is 0.558. The molecule has 7 heteroatoms. The number of carbonyl (C=O) groups is 2. The van der Waals surface area contributed by atoms with Crippen molar-refractivity contribution >= 4 is 33.6 Å². The van der Waals surface area contributed by atoms with E-state index in [-0.39, 0.29) is 0 Å². The number of carboxylic acids is 2. The fourth-order valence-corrected chi connectivity index (χ4v) is 2.42. The first-order chi connectivity index (χ1) is 10.8. The SMILES string of the molecule is CC1CN(c2ccc(Br)cc2)C(C)CN1.O=C(O)/C=C/C(=O)O. The lowest BCUT2D eigenvalue weighted by Gasteiger charge is -2.39. The van der Waals surface area contributed by atoms with Gasteiger partial charge in [-0.25, -0.2) is 9.59 Å². The number of aliphatic carboxylic acids is 2. The lowest BCUT2D eigenvalue weighted by atomic mass is 10.1. The second-order valence-corrected chi connectivity index (χ2v) is 6.21. The van der Waals surface area contributed by atoms with Crippen molar-refractivity contribution < 1.29 is 19.8 Å². The van der Waals surface area contributed by atoms with E-state index < -0.39 is 11.9 Å². The van der Waals surface area contributed by atoms with Crippen LogP contribution in [0.5, 0.6) is 0 Å². The van der Waals surface area contributed by atoms with Gasteiger partial charge in [-0.15, -0.1) is 0 Å². The highest BCUT2D eigenvalue weighted by Gasteiger charge is 2.22. The highest BCUT2D eigenvalue weighted by molar-refractivity contribution is 9.10. The summed E-state index contributed by atoms with van der Waals surface area (Å²) in [7, 11) is 0. The van der Waals surface area contributed by atoms with Crippen LogP contribution in [-0.4, -0.2) is 47.3 Å². The number of halogens is 1. The Bertz CT molecular complexity index is 544. The van der Waals surface area contributed by atoms with Gasteiger partial charge in [0.05, 0.1) is 0 Å². The van der Waals surface area contributed by atoms with Crippen molar-refractivity contribution in [2.75, 3.05) is 18.0 Å². The van der Waals surface area contributed by atoms with Crippen LogP contribution in [-0.2, 0) is 9.59 Å². The van der Waals surface area contributed by atoms with Crippen molar-refractivity contribution in [3.05, 3.63) is 40.9 Å². The number of rotatable bonds is 3. The molecule has 1 fully saturated rings. The van der Waals surface area contributed by atoms with Gasteiger partial charge >= 0.3 is 11.9 Å². The Kier molecular flexibility index (Phi) is 7.77. The van der Waals surface area contributed by atoms with Gasteiger partial charge in [-0.1, -0.05) is 15.9 Å². The number of nitrogens with zero attached hydrogens (tertiary/aromatic N) is 1. The van der Waals surface area contributed by atoms with Gasteiger partial charge < -0.3 is 20.4 Å². The van der Waals surface area contributed by atoms with Gasteiger partial charge in [-0.05, 0) is 38.1 Å². The summed E-state index contributed by atoms with van der Waals surface area (Å²) in [4.78, 5) is 21.6. The summed E-state index contributed by atoms with van der Waals surface area (Å²) < 4.78 is 1.14. The normalized spacial score (nSPS) is 20.7. The minimum atomic E-state index is -1.26. The average molecular weight is 385 g/mol. The first-order valence-electron chi connectivity index (χ1n) is 7.19. The molecular weight excluding hydrogens is 364 g/mol. The molecular formula is C16H21BrN2O4. The predicted octanol–water partition coefficient (Wildman–Crippen LogP) is 2.35. The van der Waals surface area contributed by atoms with Crippen molar-refractivity contribution in [3.8, 4) is 0 Å². The van der Waals surface area contributed by atoms with Gasteiger partial charge in [0.25, 0.3) is 0 Å². The predicted molar refractivity (Wildman–Crippen MR) is 92.8 cm³/mol. The van der Waals surface area contributed by atoms with E-state index >= 15 is 0 Å². The number of anilines is 1. The van der Waals surface area contributed by atoms with Crippen molar-refractivity contribution in [1.29, 1.82) is 0 Å². The van der Waals surface area contributed by atoms with Crippen LogP contribution in [0.4, 0.5) is 5.69 Å². The first kappa shape index (κ1) is 19.2. The van der Waals surface area contributed by atoms with Crippen molar-refractivity contribution in [3.63, 3.8) is 0 Å². The molecule has 0 aromatic heterocycles. The Morgan fingerprint density at radius 3 is 2.17 bits per heavy atom.